The van der Waals surface area contributed by atoms with E-state index in [1.54, 1.807) is 20.2 Å². The van der Waals surface area contributed by atoms with E-state index in [1.165, 1.54) is 11.0 Å². The molecule has 1 rings (SSSR count). The van der Waals surface area contributed by atoms with E-state index in [0.29, 0.717) is 13.0 Å². The number of carbonyl (C=O) groups excluding carboxylic acids is 2. The lowest BCUT2D eigenvalue weighted by atomic mass is 10.2. The summed E-state index contributed by atoms with van der Waals surface area (Å²) in [4.78, 5) is 24.2. The fourth-order valence-corrected chi connectivity index (χ4v) is 1.31. The summed E-state index contributed by atoms with van der Waals surface area (Å²) in [6.45, 7) is 0.356. The molecular weight excluding hydrogens is 228 g/mol. The van der Waals surface area contributed by atoms with Gasteiger partial charge in [-0.05, 0) is 11.6 Å². The van der Waals surface area contributed by atoms with Gasteiger partial charge in [-0.1, -0.05) is 30.3 Å². The molecule has 0 aliphatic rings. The molecule has 0 fully saturated rings. The topological polar surface area (TPSA) is 49.4 Å². The van der Waals surface area contributed by atoms with Crippen LogP contribution in [0.5, 0.6) is 0 Å². The van der Waals surface area contributed by atoms with Crippen molar-refractivity contribution in [2.75, 3.05) is 20.6 Å². The summed E-state index contributed by atoms with van der Waals surface area (Å²) in [7, 11) is 3.39. The maximum absolute atomic E-state index is 11.4. The second-order valence-electron chi connectivity index (χ2n) is 4.07. The minimum atomic E-state index is -0.189. The molecule has 0 unspecified atom stereocenters. The van der Waals surface area contributed by atoms with Crippen LogP contribution in [0, 0.1) is 0 Å². The quantitative estimate of drug-likeness (QED) is 0.796. The number of rotatable bonds is 5. The number of benzene rings is 1. The van der Waals surface area contributed by atoms with Gasteiger partial charge in [0.1, 0.15) is 0 Å². The monoisotopic (exact) mass is 246 g/mol. The maximum atomic E-state index is 11.4. The van der Waals surface area contributed by atoms with Crippen molar-refractivity contribution < 1.29 is 9.59 Å². The summed E-state index contributed by atoms with van der Waals surface area (Å²) in [6.07, 6.45) is 3.52. The van der Waals surface area contributed by atoms with Gasteiger partial charge in [-0.3, -0.25) is 9.59 Å². The van der Waals surface area contributed by atoms with E-state index in [-0.39, 0.29) is 11.8 Å². The van der Waals surface area contributed by atoms with Crippen LogP contribution in [0.4, 0.5) is 0 Å². The molecule has 0 bridgehead atoms. The van der Waals surface area contributed by atoms with Gasteiger partial charge in [-0.25, -0.2) is 0 Å². The highest BCUT2D eigenvalue weighted by Crippen LogP contribution is 2.00. The molecule has 4 nitrogen and oxygen atoms in total. The predicted octanol–water partition coefficient (Wildman–Crippen LogP) is 1.29. The van der Waals surface area contributed by atoms with E-state index in [1.807, 2.05) is 30.3 Å². The first-order valence-electron chi connectivity index (χ1n) is 5.80. The van der Waals surface area contributed by atoms with Crippen molar-refractivity contribution in [2.24, 2.45) is 0 Å². The van der Waals surface area contributed by atoms with Crippen molar-refractivity contribution in [1.29, 1.82) is 0 Å². The van der Waals surface area contributed by atoms with E-state index >= 15 is 0 Å². The van der Waals surface area contributed by atoms with Gasteiger partial charge in [0.2, 0.25) is 11.8 Å². The molecule has 0 saturated carbocycles. The predicted molar refractivity (Wildman–Crippen MR) is 71.8 cm³/mol. The van der Waals surface area contributed by atoms with Crippen LogP contribution in [-0.2, 0) is 9.59 Å². The van der Waals surface area contributed by atoms with Crippen LogP contribution in [0.25, 0.3) is 6.08 Å². The van der Waals surface area contributed by atoms with Crippen molar-refractivity contribution in [3.8, 4) is 0 Å². The SMILES string of the molecule is CN(C)C(=O)CCNC(=O)C=Cc1ccccc1. The standard InChI is InChI=1S/C14H18N2O2/c1-16(2)14(18)10-11-15-13(17)9-8-12-6-4-3-5-7-12/h3-9H,10-11H2,1-2H3,(H,15,17). The lowest BCUT2D eigenvalue weighted by Crippen LogP contribution is -2.29. The van der Waals surface area contributed by atoms with E-state index in [2.05, 4.69) is 5.32 Å². The Bertz CT molecular complexity index is 425. The number of nitrogens with zero attached hydrogens (tertiary/aromatic N) is 1. The first-order valence-corrected chi connectivity index (χ1v) is 5.80. The molecule has 0 atom stereocenters. The number of hydrogen-bond acceptors (Lipinski definition) is 2. The summed E-state index contributed by atoms with van der Waals surface area (Å²) >= 11 is 0. The molecule has 0 heterocycles. The van der Waals surface area contributed by atoms with E-state index in [9.17, 15) is 9.59 Å². The lowest BCUT2D eigenvalue weighted by Gasteiger charge is -2.09. The molecule has 1 aromatic carbocycles. The third-order valence-corrected chi connectivity index (χ3v) is 2.36. The van der Waals surface area contributed by atoms with Gasteiger partial charge < -0.3 is 10.2 Å². The third kappa shape index (κ3) is 5.30. The molecule has 18 heavy (non-hydrogen) atoms. The van der Waals surface area contributed by atoms with Crippen LogP contribution in [0.2, 0.25) is 0 Å². The van der Waals surface area contributed by atoms with Crippen LogP contribution < -0.4 is 5.32 Å². The number of nitrogens with one attached hydrogen (secondary N) is 1. The largest absolute Gasteiger partial charge is 0.352 e. The Morgan fingerprint density at radius 2 is 1.89 bits per heavy atom. The number of carbonyl (C=O) groups is 2. The Labute approximate surface area is 107 Å². The number of amides is 2. The Morgan fingerprint density at radius 1 is 1.22 bits per heavy atom. The summed E-state index contributed by atoms with van der Waals surface area (Å²) in [5.41, 5.74) is 0.969. The van der Waals surface area contributed by atoms with Crippen LogP contribution in [-0.4, -0.2) is 37.4 Å². The highest BCUT2D eigenvalue weighted by molar-refractivity contribution is 5.91. The fourth-order valence-electron chi connectivity index (χ4n) is 1.31. The van der Waals surface area contributed by atoms with Gasteiger partial charge in [0.15, 0.2) is 0 Å². The molecule has 4 heteroatoms. The highest BCUT2D eigenvalue weighted by Gasteiger charge is 2.03. The molecule has 2 amide bonds. The van der Waals surface area contributed by atoms with Gasteiger partial charge in [0.25, 0.3) is 0 Å². The van der Waals surface area contributed by atoms with Crippen LogP contribution in [0.1, 0.15) is 12.0 Å². The van der Waals surface area contributed by atoms with Crippen molar-refractivity contribution in [3.63, 3.8) is 0 Å². The first-order chi connectivity index (χ1) is 8.59. The molecule has 0 aromatic heterocycles. The molecule has 0 aliphatic heterocycles. The van der Waals surface area contributed by atoms with Gasteiger partial charge in [-0.2, -0.15) is 0 Å². The lowest BCUT2D eigenvalue weighted by molar-refractivity contribution is -0.128. The zero-order chi connectivity index (χ0) is 13.4. The van der Waals surface area contributed by atoms with Crippen LogP contribution in [0.15, 0.2) is 36.4 Å². The van der Waals surface area contributed by atoms with E-state index < -0.39 is 0 Å². The maximum Gasteiger partial charge on any atom is 0.244 e. The third-order valence-electron chi connectivity index (χ3n) is 2.36. The Hall–Kier alpha value is -2.10. The zero-order valence-corrected chi connectivity index (χ0v) is 10.7. The normalized spacial score (nSPS) is 10.3. The first kappa shape index (κ1) is 14.0. The van der Waals surface area contributed by atoms with Crippen molar-refractivity contribution in [1.82, 2.24) is 10.2 Å². The minimum Gasteiger partial charge on any atom is -0.352 e. The molecule has 0 radical (unpaired) electrons. The van der Waals surface area contributed by atoms with E-state index in [4.69, 9.17) is 0 Å². The summed E-state index contributed by atoms with van der Waals surface area (Å²) < 4.78 is 0. The van der Waals surface area contributed by atoms with Crippen molar-refractivity contribution in [3.05, 3.63) is 42.0 Å². The molecular formula is C14H18N2O2. The van der Waals surface area contributed by atoms with E-state index in [0.717, 1.165) is 5.56 Å². The smallest absolute Gasteiger partial charge is 0.244 e. The van der Waals surface area contributed by atoms with Gasteiger partial charge in [-0.15, -0.1) is 0 Å². The average Bonchev–Trinajstić information content (AvgIpc) is 2.37. The molecule has 1 aromatic rings. The molecule has 0 aliphatic carbocycles. The Kier molecular flexibility index (Phi) is 5.64. The molecule has 96 valence electrons. The summed E-state index contributed by atoms with van der Waals surface area (Å²) in [5, 5.41) is 2.67. The number of hydrogen-bond donors (Lipinski definition) is 1. The molecule has 0 saturated heterocycles. The molecule has 1 N–H and O–H groups in total. The highest BCUT2D eigenvalue weighted by atomic mass is 16.2. The summed E-state index contributed by atoms with van der Waals surface area (Å²) in [5.74, 6) is -0.187. The van der Waals surface area contributed by atoms with Crippen LogP contribution in [0.3, 0.4) is 0 Å². The fraction of sp³-hybridized carbons (Fsp3) is 0.286. The van der Waals surface area contributed by atoms with Gasteiger partial charge >= 0.3 is 0 Å². The van der Waals surface area contributed by atoms with Gasteiger partial charge in [0, 0.05) is 33.1 Å². The second-order valence-corrected chi connectivity index (χ2v) is 4.07. The minimum absolute atomic E-state index is 0.00217. The van der Waals surface area contributed by atoms with Crippen LogP contribution >= 0.6 is 0 Å². The zero-order valence-electron chi connectivity index (χ0n) is 10.7. The van der Waals surface area contributed by atoms with Gasteiger partial charge in [0.05, 0.1) is 0 Å². The second kappa shape index (κ2) is 7.27. The Morgan fingerprint density at radius 3 is 2.50 bits per heavy atom. The average molecular weight is 246 g/mol. The molecule has 0 spiro atoms. The van der Waals surface area contributed by atoms with Crippen molar-refractivity contribution in [2.45, 2.75) is 6.42 Å². The Balaban J connectivity index is 2.30. The summed E-state index contributed by atoms with van der Waals surface area (Å²) in [6, 6.07) is 9.57. The van der Waals surface area contributed by atoms with Crippen molar-refractivity contribution >= 4 is 17.9 Å².